The topological polar surface area (TPSA) is 264 Å². The molecule has 0 saturated carbocycles. The molecule has 1 heterocycles. The van der Waals surface area contributed by atoms with E-state index in [0.29, 0.717) is 6.42 Å². The van der Waals surface area contributed by atoms with Gasteiger partial charge in [-0.05, 0) is 39.5 Å². The molecule has 1 saturated heterocycles. The molecule has 1 fully saturated rings. The van der Waals surface area contributed by atoms with Crippen LogP contribution in [0.4, 0.5) is 8.78 Å². The van der Waals surface area contributed by atoms with E-state index in [2.05, 4.69) is 20.7 Å². The standard InChI is InChI=1S/C26H44F2N4O12/c1-4-5-6-10-17(34)32-15(22(39)30-13(2)21(38)31-14(3)23(40)41)9-7-8-11-29-24(42)25(27,28)26(43)20(37)19(36)18(35)16(12-33)44-26/h13-16,18-20,33,35-37,43H,4-12H2,1-3H3,(H,29,42)(H,30,39)(H,31,38)(H,32,34)(H,40,41)/t13-,14-,15-,16+,18-,19-,20+,26+/m0/s1. The van der Waals surface area contributed by atoms with Gasteiger partial charge in [0, 0.05) is 13.0 Å². The number of aliphatic hydroxyl groups excluding tert-OH is 4. The second-order valence-corrected chi connectivity index (χ2v) is 10.7. The Balaban J connectivity index is 2.80. The minimum atomic E-state index is -4.86. The van der Waals surface area contributed by atoms with Gasteiger partial charge < -0.3 is 56.6 Å². The van der Waals surface area contributed by atoms with E-state index < -0.39 is 97.0 Å². The molecule has 0 bridgehead atoms. The Hall–Kier alpha value is -3.03. The van der Waals surface area contributed by atoms with Gasteiger partial charge >= 0.3 is 11.9 Å². The lowest BCUT2D eigenvalue weighted by atomic mass is 9.88. The molecule has 0 spiro atoms. The lowest BCUT2D eigenvalue weighted by Crippen LogP contribution is -2.73. The van der Waals surface area contributed by atoms with Crippen molar-refractivity contribution in [3.05, 3.63) is 0 Å². The highest BCUT2D eigenvalue weighted by Gasteiger charge is 2.69. The zero-order valence-electron chi connectivity index (χ0n) is 24.8. The maximum absolute atomic E-state index is 14.9. The molecule has 0 aromatic heterocycles. The van der Waals surface area contributed by atoms with Crippen LogP contribution in [0.25, 0.3) is 0 Å². The van der Waals surface area contributed by atoms with Gasteiger partial charge in [0.25, 0.3) is 11.7 Å². The lowest BCUT2D eigenvalue weighted by molar-refractivity contribution is -0.401. The molecular weight excluding hydrogens is 598 g/mol. The summed E-state index contributed by atoms with van der Waals surface area (Å²) in [6.07, 6.45) is -6.87. The van der Waals surface area contributed by atoms with Crippen molar-refractivity contribution < 1.29 is 68.1 Å². The number of unbranched alkanes of at least 4 members (excludes halogenated alkanes) is 3. The number of carbonyl (C=O) groups excluding carboxylic acids is 4. The van der Waals surface area contributed by atoms with Gasteiger partial charge in [-0.1, -0.05) is 19.8 Å². The normalized spacial score (nSPS) is 25.7. The largest absolute Gasteiger partial charge is 0.480 e. The summed E-state index contributed by atoms with van der Waals surface area (Å²) < 4.78 is 34.3. The zero-order valence-corrected chi connectivity index (χ0v) is 24.8. The van der Waals surface area contributed by atoms with Crippen LogP contribution in [-0.2, 0) is 28.7 Å². The van der Waals surface area contributed by atoms with Crippen molar-refractivity contribution >= 4 is 29.6 Å². The molecular formula is C26H44F2N4O12. The number of carbonyl (C=O) groups is 5. The summed E-state index contributed by atoms with van der Waals surface area (Å²) in [6, 6.07) is -3.55. The predicted molar refractivity (Wildman–Crippen MR) is 146 cm³/mol. The minimum absolute atomic E-state index is 0.0219. The molecule has 254 valence electrons. The summed E-state index contributed by atoms with van der Waals surface area (Å²) in [5, 5.41) is 66.9. The number of amides is 4. The van der Waals surface area contributed by atoms with Crippen molar-refractivity contribution in [2.75, 3.05) is 13.2 Å². The molecule has 18 heteroatoms. The first kappa shape index (κ1) is 39.0. The highest BCUT2D eigenvalue weighted by molar-refractivity contribution is 5.93. The molecule has 0 unspecified atom stereocenters. The van der Waals surface area contributed by atoms with Crippen LogP contribution in [0, 0.1) is 0 Å². The van der Waals surface area contributed by atoms with Crippen molar-refractivity contribution in [2.24, 2.45) is 0 Å². The van der Waals surface area contributed by atoms with Crippen molar-refractivity contribution in [1.82, 2.24) is 21.3 Å². The lowest BCUT2D eigenvalue weighted by Gasteiger charge is -2.47. The number of rotatable bonds is 18. The number of carboxylic acids is 1. The van der Waals surface area contributed by atoms with Crippen LogP contribution in [-0.4, -0.2) is 128 Å². The first-order valence-electron chi connectivity index (χ1n) is 14.3. The second kappa shape index (κ2) is 17.5. The number of nitrogens with one attached hydrogen (secondary N) is 4. The fraction of sp³-hybridized carbons (Fsp3) is 0.808. The van der Waals surface area contributed by atoms with E-state index in [0.717, 1.165) is 12.8 Å². The van der Waals surface area contributed by atoms with E-state index in [9.17, 15) is 58.3 Å². The van der Waals surface area contributed by atoms with Gasteiger partial charge in [0.2, 0.25) is 17.7 Å². The third kappa shape index (κ3) is 10.3. The Morgan fingerprint density at radius 2 is 1.52 bits per heavy atom. The number of aliphatic hydroxyl groups is 5. The Morgan fingerprint density at radius 1 is 0.909 bits per heavy atom. The summed E-state index contributed by atoms with van der Waals surface area (Å²) in [5.41, 5.74) is 0. The molecule has 4 amide bonds. The van der Waals surface area contributed by atoms with Gasteiger partial charge in [-0.15, -0.1) is 0 Å². The third-order valence-corrected chi connectivity index (χ3v) is 7.05. The molecule has 0 radical (unpaired) electrons. The van der Waals surface area contributed by atoms with Gasteiger partial charge in [0.1, 0.15) is 42.5 Å². The van der Waals surface area contributed by atoms with E-state index >= 15 is 0 Å². The van der Waals surface area contributed by atoms with Gasteiger partial charge in [0.15, 0.2) is 0 Å². The summed E-state index contributed by atoms with van der Waals surface area (Å²) >= 11 is 0. The Labute approximate surface area is 252 Å². The molecule has 8 atom stereocenters. The average molecular weight is 643 g/mol. The zero-order chi connectivity index (χ0) is 33.8. The number of aliphatic carboxylic acids is 1. The van der Waals surface area contributed by atoms with Gasteiger partial charge in [-0.2, -0.15) is 8.78 Å². The number of alkyl halides is 2. The second-order valence-electron chi connectivity index (χ2n) is 10.7. The number of hydrogen-bond donors (Lipinski definition) is 10. The Kier molecular flexibility index (Phi) is 15.5. The fourth-order valence-electron chi connectivity index (χ4n) is 4.21. The van der Waals surface area contributed by atoms with E-state index in [1.807, 2.05) is 12.2 Å². The van der Waals surface area contributed by atoms with Crippen LogP contribution < -0.4 is 21.3 Å². The highest BCUT2D eigenvalue weighted by atomic mass is 19.3. The van der Waals surface area contributed by atoms with Crippen molar-refractivity contribution in [1.29, 1.82) is 0 Å². The minimum Gasteiger partial charge on any atom is -0.480 e. The van der Waals surface area contributed by atoms with E-state index in [1.54, 1.807) is 0 Å². The summed E-state index contributed by atoms with van der Waals surface area (Å²) in [5.74, 6) is -14.2. The average Bonchev–Trinajstić information content (AvgIpc) is 2.96. The quantitative estimate of drug-likeness (QED) is 0.0681. The number of hydrogen-bond acceptors (Lipinski definition) is 11. The van der Waals surface area contributed by atoms with Gasteiger partial charge in [-0.25, -0.2) is 0 Å². The van der Waals surface area contributed by atoms with Crippen LogP contribution in [0.1, 0.15) is 65.7 Å². The number of carboxylic acid groups (broad SMARTS) is 1. The molecule has 16 nitrogen and oxygen atoms in total. The number of halogens is 2. The van der Waals surface area contributed by atoms with Crippen molar-refractivity contribution in [2.45, 2.75) is 120 Å². The fourth-order valence-corrected chi connectivity index (χ4v) is 4.21. The third-order valence-electron chi connectivity index (χ3n) is 7.05. The Bertz CT molecular complexity index is 1000. The molecule has 0 aliphatic carbocycles. The first-order valence-corrected chi connectivity index (χ1v) is 14.3. The van der Waals surface area contributed by atoms with Gasteiger partial charge in [0.05, 0.1) is 6.61 Å². The summed E-state index contributed by atoms with van der Waals surface area (Å²) in [4.78, 5) is 60.7. The van der Waals surface area contributed by atoms with Crippen molar-refractivity contribution in [3.63, 3.8) is 0 Å². The molecule has 1 aliphatic heterocycles. The van der Waals surface area contributed by atoms with Crippen LogP contribution in [0.2, 0.25) is 0 Å². The maximum Gasteiger partial charge on any atom is 0.379 e. The monoisotopic (exact) mass is 642 g/mol. The van der Waals surface area contributed by atoms with E-state index in [1.165, 1.54) is 13.8 Å². The molecule has 0 aromatic rings. The van der Waals surface area contributed by atoms with Crippen LogP contribution >= 0.6 is 0 Å². The SMILES string of the molecule is CCCCCC(=O)N[C@@H](CCCCNC(=O)C(F)(F)[C@]1(O)O[C@H](CO)[C@H](O)[C@H](O)[C@H]1O)C(=O)N[C@@H](C)C(=O)N[C@@H](C)C(=O)O. The van der Waals surface area contributed by atoms with E-state index in [-0.39, 0.29) is 25.7 Å². The summed E-state index contributed by atoms with van der Waals surface area (Å²) in [7, 11) is 0. The van der Waals surface area contributed by atoms with Gasteiger partial charge in [-0.3, -0.25) is 24.0 Å². The number of ether oxygens (including phenoxy) is 1. The molecule has 1 aliphatic rings. The van der Waals surface area contributed by atoms with E-state index in [4.69, 9.17) is 5.11 Å². The first-order chi connectivity index (χ1) is 20.4. The van der Waals surface area contributed by atoms with Crippen LogP contribution in [0.5, 0.6) is 0 Å². The Morgan fingerprint density at radius 3 is 2.09 bits per heavy atom. The highest BCUT2D eigenvalue weighted by Crippen LogP contribution is 2.40. The van der Waals surface area contributed by atoms with Crippen LogP contribution in [0.15, 0.2) is 0 Å². The maximum atomic E-state index is 14.9. The predicted octanol–water partition coefficient (Wildman–Crippen LogP) is -2.77. The molecule has 10 N–H and O–H groups in total. The van der Waals surface area contributed by atoms with Crippen LogP contribution in [0.3, 0.4) is 0 Å². The smallest absolute Gasteiger partial charge is 0.379 e. The molecule has 0 aromatic carbocycles. The molecule has 44 heavy (non-hydrogen) atoms. The van der Waals surface area contributed by atoms with Crippen molar-refractivity contribution in [3.8, 4) is 0 Å². The molecule has 1 rings (SSSR count). The summed E-state index contributed by atoms with van der Waals surface area (Å²) in [6.45, 7) is 2.92.